The average molecular weight is 336 g/mol. The van der Waals surface area contributed by atoms with Crippen LogP contribution in [0.3, 0.4) is 0 Å². The molecule has 2 aromatic heterocycles. The van der Waals surface area contributed by atoms with E-state index in [-0.39, 0.29) is 11.5 Å². The molecule has 1 spiro atoms. The third-order valence-electron chi connectivity index (χ3n) is 6.36. The molecule has 2 aliphatic heterocycles. The van der Waals surface area contributed by atoms with Crippen LogP contribution in [0.5, 0.6) is 0 Å². The first kappa shape index (κ1) is 15.0. The van der Waals surface area contributed by atoms with Gasteiger partial charge in [0.25, 0.3) is 0 Å². The van der Waals surface area contributed by atoms with Crippen LogP contribution in [0, 0.1) is 5.92 Å². The highest BCUT2D eigenvalue weighted by molar-refractivity contribution is 5.80. The number of likely N-dealkylation sites (tertiary alicyclic amines) is 1. The topological polar surface area (TPSA) is 41.4 Å². The normalized spacial score (nSPS) is 25.0. The Morgan fingerprint density at radius 1 is 1.32 bits per heavy atom. The summed E-state index contributed by atoms with van der Waals surface area (Å²) in [4.78, 5) is 22.1. The minimum atomic E-state index is -0.131. The molecule has 5 nitrogen and oxygen atoms in total. The van der Waals surface area contributed by atoms with E-state index in [1.807, 2.05) is 12.3 Å². The van der Waals surface area contributed by atoms with Gasteiger partial charge in [-0.05, 0) is 50.5 Å². The van der Waals surface area contributed by atoms with Gasteiger partial charge >= 0.3 is 0 Å². The standard InChI is InChI=1S/C20H24N4O/c1-2-24-16-8-4-11-21-18(16)23-12-5-9-17(23)20(24)10-13-22(14-20)19(25)15-6-3-7-15/h4-5,8-9,11-12,15H,2-3,6-7,10,13-14H2,1H3. The summed E-state index contributed by atoms with van der Waals surface area (Å²) in [6.45, 7) is 4.75. The zero-order valence-electron chi connectivity index (χ0n) is 14.7. The Balaban J connectivity index is 1.58. The minimum Gasteiger partial charge on any atom is -0.356 e. The Hall–Kier alpha value is -2.30. The summed E-state index contributed by atoms with van der Waals surface area (Å²) < 4.78 is 2.22. The molecule has 25 heavy (non-hydrogen) atoms. The molecule has 1 amide bonds. The molecule has 0 radical (unpaired) electrons. The molecule has 1 unspecified atom stereocenters. The number of hydrogen-bond donors (Lipinski definition) is 0. The molecule has 1 saturated heterocycles. The Kier molecular flexibility index (Phi) is 3.21. The largest absolute Gasteiger partial charge is 0.356 e. The van der Waals surface area contributed by atoms with Gasteiger partial charge in [-0.1, -0.05) is 6.42 Å². The predicted octanol–water partition coefficient (Wildman–Crippen LogP) is 2.94. The first-order valence-electron chi connectivity index (χ1n) is 9.44. The number of aromatic nitrogens is 2. The third kappa shape index (κ3) is 1.95. The van der Waals surface area contributed by atoms with Gasteiger partial charge in [-0.25, -0.2) is 4.98 Å². The van der Waals surface area contributed by atoms with Crippen LogP contribution >= 0.6 is 0 Å². The van der Waals surface area contributed by atoms with E-state index in [0.717, 1.165) is 44.7 Å². The van der Waals surface area contributed by atoms with Gasteiger partial charge in [-0.2, -0.15) is 0 Å². The molecule has 2 fully saturated rings. The van der Waals surface area contributed by atoms with Gasteiger partial charge in [0, 0.05) is 37.9 Å². The van der Waals surface area contributed by atoms with Crippen LogP contribution in [-0.4, -0.2) is 40.0 Å². The van der Waals surface area contributed by atoms with E-state index in [2.05, 4.69) is 50.7 Å². The van der Waals surface area contributed by atoms with E-state index in [9.17, 15) is 4.79 Å². The van der Waals surface area contributed by atoms with Gasteiger partial charge in [0.15, 0.2) is 5.82 Å². The van der Waals surface area contributed by atoms with Crippen LogP contribution in [0.4, 0.5) is 5.69 Å². The van der Waals surface area contributed by atoms with Crippen molar-refractivity contribution in [2.45, 2.75) is 38.1 Å². The van der Waals surface area contributed by atoms with Gasteiger partial charge in [0.2, 0.25) is 5.91 Å². The van der Waals surface area contributed by atoms with Gasteiger partial charge < -0.3 is 14.4 Å². The number of carbonyl (C=O) groups excluding carboxylic acids is 1. The third-order valence-corrected chi connectivity index (χ3v) is 6.36. The lowest BCUT2D eigenvalue weighted by atomic mass is 9.84. The van der Waals surface area contributed by atoms with Crippen molar-refractivity contribution in [1.29, 1.82) is 0 Å². The van der Waals surface area contributed by atoms with Crippen molar-refractivity contribution < 1.29 is 4.79 Å². The van der Waals surface area contributed by atoms with Crippen LogP contribution in [0.25, 0.3) is 5.82 Å². The fraction of sp³-hybridized carbons (Fsp3) is 0.500. The van der Waals surface area contributed by atoms with Crippen LogP contribution < -0.4 is 4.90 Å². The number of carbonyl (C=O) groups is 1. The lowest BCUT2D eigenvalue weighted by Crippen LogP contribution is -2.53. The predicted molar refractivity (Wildman–Crippen MR) is 96.8 cm³/mol. The van der Waals surface area contributed by atoms with E-state index >= 15 is 0 Å². The zero-order valence-corrected chi connectivity index (χ0v) is 14.7. The molecule has 2 aromatic rings. The van der Waals surface area contributed by atoms with Crippen molar-refractivity contribution in [3.63, 3.8) is 0 Å². The highest BCUT2D eigenvalue weighted by Gasteiger charge is 2.51. The molecule has 0 N–H and O–H groups in total. The van der Waals surface area contributed by atoms with Gasteiger partial charge in [0.1, 0.15) is 0 Å². The molecular weight excluding hydrogens is 312 g/mol. The van der Waals surface area contributed by atoms with Crippen molar-refractivity contribution in [2.75, 3.05) is 24.5 Å². The van der Waals surface area contributed by atoms with Crippen molar-refractivity contribution in [1.82, 2.24) is 14.5 Å². The number of likely N-dealkylation sites (N-methyl/N-ethyl adjacent to an activating group) is 1. The maximum absolute atomic E-state index is 12.8. The summed E-state index contributed by atoms with van der Waals surface area (Å²) in [5.41, 5.74) is 2.31. The molecule has 5 rings (SSSR count). The molecule has 0 bridgehead atoms. The first-order chi connectivity index (χ1) is 12.2. The summed E-state index contributed by atoms with van der Waals surface area (Å²) >= 11 is 0. The summed E-state index contributed by atoms with van der Waals surface area (Å²) in [5, 5.41) is 0. The van der Waals surface area contributed by atoms with Gasteiger partial charge in [-0.15, -0.1) is 0 Å². The molecule has 0 aromatic carbocycles. The summed E-state index contributed by atoms with van der Waals surface area (Å²) in [6.07, 6.45) is 8.30. The molecule has 1 saturated carbocycles. The fourth-order valence-corrected chi connectivity index (χ4v) is 4.90. The van der Waals surface area contributed by atoms with Gasteiger partial charge in [-0.3, -0.25) is 4.79 Å². The highest BCUT2D eigenvalue weighted by atomic mass is 16.2. The summed E-state index contributed by atoms with van der Waals surface area (Å²) in [6, 6.07) is 8.48. The average Bonchev–Trinajstić information content (AvgIpc) is 3.22. The maximum Gasteiger partial charge on any atom is 0.225 e. The van der Waals surface area contributed by atoms with Crippen molar-refractivity contribution >= 4 is 11.6 Å². The van der Waals surface area contributed by atoms with Crippen molar-refractivity contribution in [3.8, 4) is 5.82 Å². The minimum absolute atomic E-state index is 0.131. The second kappa shape index (κ2) is 5.35. The maximum atomic E-state index is 12.8. The molecule has 4 heterocycles. The monoisotopic (exact) mass is 336 g/mol. The van der Waals surface area contributed by atoms with E-state index < -0.39 is 0 Å². The van der Waals surface area contributed by atoms with E-state index in [1.165, 1.54) is 17.8 Å². The molecular formula is C20H24N4O. The first-order valence-corrected chi connectivity index (χ1v) is 9.44. The number of anilines is 1. The Morgan fingerprint density at radius 3 is 2.96 bits per heavy atom. The van der Waals surface area contributed by atoms with Crippen molar-refractivity contribution in [2.24, 2.45) is 5.92 Å². The molecule has 130 valence electrons. The van der Waals surface area contributed by atoms with Crippen LogP contribution in [0.2, 0.25) is 0 Å². The number of hydrogen-bond acceptors (Lipinski definition) is 3. The molecule has 3 aliphatic rings. The second-order valence-corrected chi connectivity index (χ2v) is 7.52. The number of amides is 1. The molecule has 5 heteroatoms. The lowest BCUT2D eigenvalue weighted by molar-refractivity contribution is -0.137. The molecule has 1 aliphatic carbocycles. The van der Waals surface area contributed by atoms with Gasteiger partial charge in [0.05, 0.1) is 16.9 Å². The van der Waals surface area contributed by atoms with E-state index in [1.54, 1.807) is 0 Å². The second-order valence-electron chi connectivity index (χ2n) is 7.52. The van der Waals surface area contributed by atoms with Crippen molar-refractivity contribution in [3.05, 3.63) is 42.4 Å². The SMILES string of the molecule is CCN1c2cccnc2-n2cccc2C12CCN(C(=O)C1CCC1)C2. The van der Waals surface area contributed by atoms with Crippen LogP contribution in [-0.2, 0) is 10.3 Å². The number of nitrogens with zero attached hydrogens (tertiary/aromatic N) is 4. The Bertz CT molecular complexity index is 825. The van der Waals surface area contributed by atoms with E-state index in [0.29, 0.717) is 5.91 Å². The van der Waals surface area contributed by atoms with Crippen LogP contribution in [0.1, 0.15) is 38.3 Å². The smallest absolute Gasteiger partial charge is 0.225 e. The summed E-state index contributed by atoms with van der Waals surface area (Å²) in [7, 11) is 0. The highest BCUT2D eigenvalue weighted by Crippen LogP contribution is 2.47. The zero-order chi connectivity index (χ0) is 17.0. The molecule has 1 atom stereocenters. The fourth-order valence-electron chi connectivity index (χ4n) is 4.90. The number of fused-ring (bicyclic) bond motifs is 4. The number of pyridine rings is 1. The van der Waals surface area contributed by atoms with E-state index in [4.69, 9.17) is 0 Å². The summed E-state index contributed by atoms with van der Waals surface area (Å²) in [5.74, 6) is 1.64. The Labute approximate surface area is 148 Å². The lowest BCUT2D eigenvalue weighted by Gasteiger charge is -2.46. The van der Waals surface area contributed by atoms with Crippen LogP contribution in [0.15, 0.2) is 36.7 Å². The Morgan fingerprint density at radius 2 is 2.20 bits per heavy atom. The number of rotatable bonds is 2. The quantitative estimate of drug-likeness (QED) is 0.847.